The summed E-state index contributed by atoms with van der Waals surface area (Å²) in [5.41, 5.74) is 7.53. The van der Waals surface area contributed by atoms with E-state index in [9.17, 15) is 4.79 Å². The lowest BCUT2D eigenvalue weighted by atomic mass is 10.2. The first-order valence-electron chi connectivity index (χ1n) is 9.99. The third kappa shape index (κ3) is 9.19. The molecule has 31 heavy (non-hydrogen) atoms. The molecule has 0 saturated carbocycles. The Labute approximate surface area is 192 Å². The Kier molecular flexibility index (Phi) is 10.5. The Balaban J connectivity index is 2.11. The number of carbonyl (C=O) groups excluding carboxylic acids is 1. The van der Waals surface area contributed by atoms with Gasteiger partial charge in [0.05, 0.1) is 12.4 Å². The monoisotopic (exact) mass is 460 g/mol. The fraction of sp³-hybridized carbons (Fsp3) is 0.273. The lowest BCUT2D eigenvalue weighted by Gasteiger charge is -2.16. The van der Waals surface area contributed by atoms with E-state index in [1.54, 1.807) is 48.5 Å². The summed E-state index contributed by atoms with van der Waals surface area (Å²) in [6, 6.07) is 13.6. The van der Waals surface area contributed by atoms with Gasteiger partial charge in [0.2, 0.25) is 5.96 Å². The van der Waals surface area contributed by atoms with Crippen molar-refractivity contribution in [1.82, 2.24) is 10.3 Å². The largest absolute Gasteiger partial charge is 0.366 e. The number of benzene rings is 2. The molecular weight excluding hydrogens is 435 g/mol. The third-order valence-corrected chi connectivity index (χ3v) is 4.65. The SMILES string of the molecule is CCCCCCNC(=O)N(/N=C/c1ccc(Cl)cc1)/C(N)=N/N=C/c1ccc(Cl)cc1. The summed E-state index contributed by atoms with van der Waals surface area (Å²) < 4.78 is 0. The molecule has 2 rings (SSSR count). The zero-order chi connectivity index (χ0) is 22.5. The van der Waals surface area contributed by atoms with Crippen molar-refractivity contribution in [3.05, 3.63) is 69.7 Å². The second-order valence-electron chi connectivity index (χ2n) is 6.65. The highest BCUT2D eigenvalue weighted by Gasteiger charge is 2.16. The van der Waals surface area contributed by atoms with Crippen molar-refractivity contribution in [2.24, 2.45) is 21.0 Å². The van der Waals surface area contributed by atoms with E-state index >= 15 is 0 Å². The summed E-state index contributed by atoms with van der Waals surface area (Å²) in [6.45, 7) is 2.65. The Hall–Kier alpha value is -2.90. The van der Waals surface area contributed by atoms with Crippen LogP contribution >= 0.6 is 23.2 Å². The zero-order valence-corrected chi connectivity index (χ0v) is 18.9. The minimum atomic E-state index is -0.482. The fourth-order valence-electron chi connectivity index (χ4n) is 2.46. The van der Waals surface area contributed by atoms with Gasteiger partial charge < -0.3 is 11.1 Å². The summed E-state index contributed by atoms with van der Waals surface area (Å²) in [6.07, 6.45) is 7.17. The number of nitrogens with two attached hydrogens (primary N) is 1. The predicted molar refractivity (Wildman–Crippen MR) is 129 cm³/mol. The van der Waals surface area contributed by atoms with Crippen LogP contribution < -0.4 is 11.1 Å². The Morgan fingerprint density at radius 2 is 1.55 bits per heavy atom. The molecule has 2 amide bonds. The number of hydrogen-bond acceptors (Lipinski definition) is 4. The minimum absolute atomic E-state index is 0.165. The lowest BCUT2D eigenvalue weighted by molar-refractivity contribution is 0.221. The van der Waals surface area contributed by atoms with E-state index in [-0.39, 0.29) is 5.96 Å². The number of urea groups is 1. The highest BCUT2D eigenvalue weighted by molar-refractivity contribution is 6.30. The number of guanidine groups is 1. The summed E-state index contributed by atoms with van der Waals surface area (Å²) in [4.78, 5) is 12.6. The van der Waals surface area contributed by atoms with E-state index in [0.717, 1.165) is 41.8 Å². The van der Waals surface area contributed by atoms with Gasteiger partial charge in [-0.1, -0.05) is 73.7 Å². The first-order chi connectivity index (χ1) is 15.0. The highest BCUT2D eigenvalue weighted by atomic mass is 35.5. The van der Waals surface area contributed by atoms with Crippen molar-refractivity contribution >= 4 is 47.6 Å². The van der Waals surface area contributed by atoms with Crippen LogP contribution in [-0.4, -0.2) is 36.0 Å². The number of halogens is 2. The topological polar surface area (TPSA) is 95.4 Å². The number of rotatable bonds is 9. The molecule has 0 heterocycles. The van der Waals surface area contributed by atoms with E-state index in [0.29, 0.717) is 16.6 Å². The van der Waals surface area contributed by atoms with Gasteiger partial charge in [-0.05, 0) is 41.8 Å². The van der Waals surface area contributed by atoms with Gasteiger partial charge in [-0.3, -0.25) is 0 Å². The third-order valence-electron chi connectivity index (χ3n) is 4.15. The molecule has 0 bridgehead atoms. The van der Waals surface area contributed by atoms with Gasteiger partial charge in [-0.15, -0.1) is 10.1 Å². The molecule has 0 radical (unpaired) electrons. The fourth-order valence-corrected chi connectivity index (χ4v) is 2.71. The molecule has 0 fully saturated rings. The standard InChI is InChI=1S/C22H26Cl2N6O/c1-2-3-4-5-14-26-22(31)30(28-16-18-8-12-20(24)13-9-18)21(25)29-27-15-17-6-10-19(23)11-7-17/h6-13,15-16H,2-5,14H2,1H3,(H2,25,29)(H,26,31)/b27-15+,28-16+. The molecule has 0 aromatic heterocycles. The van der Waals surface area contributed by atoms with Crippen molar-refractivity contribution in [1.29, 1.82) is 0 Å². The summed E-state index contributed by atoms with van der Waals surface area (Å²) in [5, 5.41) is 17.1. The molecule has 0 saturated heterocycles. The van der Waals surface area contributed by atoms with E-state index in [4.69, 9.17) is 28.9 Å². The van der Waals surface area contributed by atoms with Crippen LogP contribution in [0.2, 0.25) is 10.0 Å². The number of hydrazone groups is 1. The average molecular weight is 461 g/mol. The Morgan fingerprint density at radius 1 is 0.968 bits per heavy atom. The van der Waals surface area contributed by atoms with Crippen LogP contribution in [-0.2, 0) is 0 Å². The molecule has 0 unspecified atom stereocenters. The molecular formula is C22H26Cl2N6O. The van der Waals surface area contributed by atoms with Crippen LogP contribution in [0.15, 0.2) is 63.8 Å². The number of nitrogens with zero attached hydrogens (tertiary/aromatic N) is 4. The first kappa shape index (κ1) is 24.4. The Morgan fingerprint density at radius 3 is 2.13 bits per heavy atom. The predicted octanol–water partition coefficient (Wildman–Crippen LogP) is 5.27. The Bertz CT molecular complexity index is 911. The molecule has 0 aliphatic rings. The van der Waals surface area contributed by atoms with Crippen LogP contribution in [0.4, 0.5) is 4.79 Å². The van der Waals surface area contributed by atoms with Crippen LogP contribution in [0, 0.1) is 0 Å². The number of carbonyl (C=O) groups is 1. The van der Waals surface area contributed by atoms with Gasteiger partial charge in [-0.25, -0.2) is 4.79 Å². The maximum atomic E-state index is 12.6. The summed E-state index contributed by atoms with van der Waals surface area (Å²) in [5.74, 6) is -0.165. The number of amides is 2. The van der Waals surface area contributed by atoms with Gasteiger partial charge in [0.25, 0.3) is 0 Å². The second kappa shape index (κ2) is 13.4. The van der Waals surface area contributed by atoms with Gasteiger partial charge in [-0.2, -0.15) is 10.2 Å². The maximum absolute atomic E-state index is 12.6. The van der Waals surface area contributed by atoms with Crippen LogP contribution in [0.3, 0.4) is 0 Å². The normalized spacial score (nSPS) is 11.9. The van der Waals surface area contributed by atoms with Gasteiger partial charge in [0.1, 0.15) is 0 Å². The number of hydrogen-bond donors (Lipinski definition) is 2. The first-order valence-corrected chi connectivity index (χ1v) is 10.7. The molecule has 0 aliphatic carbocycles. The molecule has 3 N–H and O–H groups in total. The number of nitrogens with one attached hydrogen (secondary N) is 1. The van der Waals surface area contributed by atoms with E-state index in [1.807, 2.05) is 0 Å². The van der Waals surface area contributed by atoms with Crippen molar-refractivity contribution in [2.75, 3.05) is 6.54 Å². The van der Waals surface area contributed by atoms with Gasteiger partial charge in [0, 0.05) is 16.6 Å². The molecule has 7 nitrogen and oxygen atoms in total. The molecule has 0 atom stereocenters. The molecule has 0 spiro atoms. The number of unbranched alkanes of at least 4 members (excludes halogenated alkanes) is 3. The van der Waals surface area contributed by atoms with Crippen molar-refractivity contribution in [2.45, 2.75) is 32.6 Å². The van der Waals surface area contributed by atoms with Crippen molar-refractivity contribution in [3.8, 4) is 0 Å². The van der Waals surface area contributed by atoms with Crippen molar-refractivity contribution < 1.29 is 4.79 Å². The van der Waals surface area contributed by atoms with Crippen LogP contribution in [0.5, 0.6) is 0 Å². The molecule has 164 valence electrons. The van der Waals surface area contributed by atoms with Gasteiger partial charge in [0.15, 0.2) is 0 Å². The maximum Gasteiger partial charge on any atom is 0.345 e. The minimum Gasteiger partial charge on any atom is -0.366 e. The second-order valence-corrected chi connectivity index (χ2v) is 7.53. The van der Waals surface area contributed by atoms with Crippen molar-refractivity contribution in [3.63, 3.8) is 0 Å². The van der Waals surface area contributed by atoms with E-state index in [2.05, 4.69) is 27.5 Å². The van der Waals surface area contributed by atoms with Crippen LogP contribution in [0.25, 0.3) is 0 Å². The quantitative estimate of drug-likeness (QED) is 0.230. The molecule has 2 aromatic carbocycles. The van der Waals surface area contributed by atoms with Gasteiger partial charge >= 0.3 is 6.03 Å². The smallest absolute Gasteiger partial charge is 0.345 e. The summed E-state index contributed by atoms with van der Waals surface area (Å²) >= 11 is 11.8. The molecule has 9 heteroatoms. The zero-order valence-electron chi connectivity index (χ0n) is 17.3. The van der Waals surface area contributed by atoms with E-state index in [1.165, 1.54) is 12.4 Å². The summed E-state index contributed by atoms with van der Waals surface area (Å²) in [7, 11) is 0. The van der Waals surface area contributed by atoms with E-state index < -0.39 is 6.03 Å². The highest BCUT2D eigenvalue weighted by Crippen LogP contribution is 2.09. The molecule has 2 aromatic rings. The molecule has 0 aliphatic heterocycles. The average Bonchev–Trinajstić information content (AvgIpc) is 2.76. The lowest BCUT2D eigenvalue weighted by Crippen LogP contribution is -2.44. The van der Waals surface area contributed by atoms with Crippen LogP contribution in [0.1, 0.15) is 43.7 Å².